The maximum atomic E-state index is 13.6. The Morgan fingerprint density at radius 3 is 2.73 bits per heavy atom. The minimum atomic E-state index is -0.678. The predicted molar refractivity (Wildman–Crippen MR) is 80.5 cm³/mol. The summed E-state index contributed by atoms with van der Waals surface area (Å²) in [6, 6.07) is 9.99. The summed E-state index contributed by atoms with van der Waals surface area (Å²) >= 11 is 5.75. The van der Waals surface area contributed by atoms with E-state index < -0.39 is 17.6 Å². The van der Waals surface area contributed by atoms with Crippen LogP contribution in [-0.2, 0) is 4.79 Å². The summed E-state index contributed by atoms with van der Waals surface area (Å²) in [7, 11) is 0. The molecule has 0 bridgehead atoms. The Morgan fingerprint density at radius 1 is 1.23 bits per heavy atom. The van der Waals surface area contributed by atoms with E-state index in [9.17, 15) is 14.0 Å². The first kappa shape index (κ1) is 15.8. The van der Waals surface area contributed by atoms with Crippen LogP contribution in [0.15, 0.2) is 42.5 Å². The van der Waals surface area contributed by atoms with Crippen LogP contribution in [0, 0.1) is 5.82 Å². The highest BCUT2D eigenvalue weighted by molar-refractivity contribution is 6.31. The number of hydrogen-bond donors (Lipinski definition) is 2. The maximum absolute atomic E-state index is 13.6. The molecule has 2 rings (SSSR count). The van der Waals surface area contributed by atoms with Gasteiger partial charge in [-0.15, -0.1) is 0 Å². The fourth-order valence-corrected chi connectivity index (χ4v) is 1.86. The number of carbonyl (C=O) groups is 2. The smallest absolute Gasteiger partial charge is 0.258 e. The minimum Gasteiger partial charge on any atom is -0.484 e. The summed E-state index contributed by atoms with van der Waals surface area (Å²) in [5, 5.41) is 2.78. The lowest BCUT2D eigenvalue weighted by Crippen LogP contribution is -2.20. The lowest BCUT2D eigenvalue weighted by Gasteiger charge is -2.09. The quantitative estimate of drug-likeness (QED) is 0.887. The third-order valence-corrected chi connectivity index (χ3v) is 2.88. The molecule has 2 aromatic rings. The molecule has 3 N–H and O–H groups in total. The first-order valence-corrected chi connectivity index (χ1v) is 6.61. The average molecular weight is 323 g/mol. The number of amides is 2. The maximum Gasteiger partial charge on any atom is 0.258 e. The van der Waals surface area contributed by atoms with Crippen molar-refractivity contribution in [3.63, 3.8) is 0 Å². The second-order valence-electron chi connectivity index (χ2n) is 4.36. The van der Waals surface area contributed by atoms with Crippen LogP contribution >= 0.6 is 11.6 Å². The van der Waals surface area contributed by atoms with Crippen molar-refractivity contribution in [1.29, 1.82) is 0 Å². The fourth-order valence-electron chi connectivity index (χ4n) is 1.69. The highest BCUT2D eigenvalue weighted by Crippen LogP contribution is 2.20. The third-order valence-electron chi connectivity index (χ3n) is 2.65. The average Bonchev–Trinajstić information content (AvgIpc) is 2.48. The van der Waals surface area contributed by atoms with Gasteiger partial charge in [0, 0.05) is 16.8 Å². The van der Waals surface area contributed by atoms with Gasteiger partial charge in [-0.25, -0.2) is 4.39 Å². The van der Waals surface area contributed by atoms with Crippen LogP contribution in [0.25, 0.3) is 0 Å². The Bertz CT molecular complexity index is 722. The van der Waals surface area contributed by atoms with Crippen LogP contribution in [0.5, 0.6) is 5.75 Å². The number of rotatable bonds is 5. The van der Waals surface area contributed by atoms with Crippen LogP contribution in [0.2, 0.25) is 5.02 Å². The van der Waals surface area contributed by atoms with E-state index in [4.69, 9.17) is 22.1 Å². The van der Waals surface area contributed by atoms with E-state index in [-0.39, 0.29) is 17.2 Å². The van der Waals surface area contributed by atoms with Crippen molar-refractivity contribution in [3.05, 3.63) is 58.9 Å². The van der Waals surface area contributed by atoms with Gasteiger partial charge in [0.25, 0.3) is 11.8 Å². The van der Waals surface area contributed by atoms with Gasteiger partial charge in [0.1, 0.15) is 11.6 Å². The molecular formula is C15H12ClFN2O3. The molecule has 2 amide bonds. The molecule has 0 aliphatic heterocycles. The van der Waals surface area contributed by atoms with Crippen molar-refractivity contribution in [3.8, 4) is 5.75 Å². The van der Waals surface area contributed by atoms with Crippen LogP contribution in [0.4, 0.5) is 10.1 Å². The fraction of sp³-hybridized carbons (Fsp3) is 0.0667. The van der Waals surface area contributed by atoms with E-state index in [1.165, 1.54) is 18.2 Å². The summed E-state index contributed by atoms with van der Waals surface area (Å²) in [5.74, 6) is -1.59. The SMILES string of the molecule is NC(=O)COc1cccc(NC(=O)c2cc(Cl)ccc2F)c1. The summed E-state index contributed by atoms with van der Waals surface area (Å²) in [6.45, 7) is -0.277. The van der Waals surface area contributed by atoms with Crippen LogP contribution in [0.1, 0.15) is 10.4 Å². The molecule has 0 aliphatic carbocycles. The number of benzene rings is 2. The zero-order valence-electron chi connectivity index (χ0n) is 11.3. The van der Waals surface area contributed by atoms with Crippen molar-refractivity contribution in [1.82, 2.24) is 0 Å². The predicted octanol–water partition coefficient (Wildman–Crippen LogP) is 2.60. The number of nitrogens with one attached hydrogen (secondary N) is 1. The van der Waals surface area contributed by atoms with Crippen molar-refractivity contribution >= 4 is 29.1 Å². The lowest BCUT2D eigenvalue weighted by molar-refractivity contribution is -0.119. The van der Waals surface area contributed by atoms with Gasteiger partial charge in [-0.1, -0.05) is 17.7 Å². The molecule has 0 saturated carbocycles. The standard InChI is InChI=1S/C15H12ClFN2O3/c16-9-4-5-13(17)12(6-9)15(21)19-10-2-1-3-11(7-10)22-8-14(18)20/h1-7H,8H2,(H2,18,20)(H,19,21). The van der Waals surface area contributed by atoms with Gasteiger partial charge >= 0.3 is 0 Å². The topological polar surface area (TPSA) is 81.4 Å². The van der Waals surface area contributed by atoms with Gasteiger partial charge in [0.2, 0.25) is 0 Å². The number of halogens is 2. The van der Waals surface area contributed by atoms with Gasteiger partial charge in [-0.05, 0) is 30.3 Å². The molecule has 7 heteroatoms. The molecule has 0 heterocycles. The minimum absolute atomic E-state index is 0.170. The number of primary amides is 1. The normalized spacial score (nSPS) is 10.1. The molecule has 5 nitrogen and oxygen atoms in total. The largest absolute Gasteiger partial charge is 0.484 e. The Kier molecular flexibility index (Phi) is 4.95. The molecule has 114 valence electrons. The van der Waals surface area contributed by atoms with E-state index in [0.717, 1.165) is 6.07 Å². The van der Waals surface area contributed by atoms with Gasteiger partial charge in [0.15, 0.2) is 6.61 Å². The number of ether oxygens (including phenoxy) is 1. The van der Waals surface area contributed by atoms with Crippen LogP contribution in [0.3, 0.4) is 0 Å². The number of hydrogen-bond acceptors (Lipinski definition) is 3. The molecule has 0 aromatic heterocycles. The van der Waals surface area contributed by atoms with Crippen LogP contribution in [-0.4, -0.2) is 18.4 Å². The van der Waals surface area contributed by atoms with Crippen molar-refractivity contribution in [2.24, 2.45) is 5.73 Å². The Labute approximate surface area is 130 Å². The van der Waals surface area contributed by atoms with Gasteiger partial charge in [-0.2, -0.15) is 0 Å². The molecule has 0 saturated heterocycles. The van der Waals surface area contributed by atoms with Crippen LogP contribution < -0.4 is 15.8 Å². The summed E-state index contributed by atoms with van der Waals surface area (Å²) < 4.78 is 18.7. The molecule has 0 atom stereocenters. The molecule has 2 aromatic carbocycles. The monoisotopic (exact) mass is 322 g/mol. The number of nitrogens with two attached hydrogens (primary N) is 1. The van der Waals surface area contributed by atoms with E-state index in [0.29, 0.717) is 11.4 Å². The molecular weight excluding hydrogens is 311 g/mol. The van der Waals surface area contributed by atoms with E-state index in [1.54, 1.807) is 18.2 Å². The summed E-state index contributed by atoms with van der Waals surface area (Å²) in [4.78, 5) is 22.7. The Hall–Kier alpha value is -2.60. The van der Waals surface area contributed by atoms with Crippen molar-refractivity contribution < 1.29 is 18.7 Å². The second-order valence-corrected chi connectivity index (χ2v) is 4.80. The molecule has 0 unspecified atom stereocenters. The van der Waals surface area contributed by atoms with E-state index in [1.807, 2.05) is 0 Å². The number of carbonyl (C=O) groups excluding carboxylic acids is 2. The molecule has 0 spiro atoms. The zero-order valence-corrected chi connectivity index (χ0v) is 12.1. The molecule has 22 heavy (non-hydrogen) atoms. The Balaban J connectivity index is 2.13. The molecule has 0 aliphatic rings. The van der Waals surface area contributed by atoms with E-state index >= 15 is 0 Å². The Morgan fingerprint density at radius 2 is 2.00 bits per heavy atom. The summed E-state index contributed by atoms with van der Waals surface area (Å²) in [6.07, 6.45) is 0. The van der Waals surface area contributed by atoms with E-state index in [2.05, 4.69) is 5.32 Å². The number of anilines is 1. The highest BCUT2D eigenvalue weighted by Gasteiger charge is 2.13. The highest BCUT2D eigenvalue weighted by atomic mass is 35.5. The van der Waals surface area contributed by atoms with Gasteiger partial charge < -0.3 is 15.8 Å². The molecule has 0 radical (unpaired) electrons. The second kappa shape index (κ2) is 6.91. The van der Waals surface area contributed by atoms with Gasteiger partial charge in [-0.3, -0.25) is 9.59 Å². The first-order valence-electron chi connectivity index (χ1n) is 6.23. The van der Waals surface area contributed by atoms with Crippen molar-refractivity contribution in [2.75, 3.05) is 11.9 Å². The van der Waals surface area contributed by atoms with Gasteiger partial charge in [0.05, 0.1) is 5.56 Å². The summed E-state index contributed by atoms with van der Waals surface area (Å²) in [5.41, 5.74) is 5.19. The van der Waals surface area contributed by atoms with Crippen molar-refractivity contribution in [2.45, 2.75) is 0 Å². The third kappa shape index (κ3) is 4.20. The zero-order chi connectivity index (χ0) is 16.1. The molecule has 0 fully saturated rings. The lowest BCUT2D eigenvalue weighted by atomic mass is 10.2. The first-order chi connectivity index (χ1) is 10.5.